The van der Waals surface area contributed by atoms with E-state index in [2.05, 4.69) is 30.2 Å². The molecule has 1 fully saturated rings. The van der Waals surface area contributed by atoms with Crippen molar-refractivity contribution >= 4 is 17.8 Å². The summed E-state index contributed by atoms with van der Waals surface area (Å²) in [5, 5.41) is 2.75. The van der Waals surface area contributed by atoms with Gasteiger partial charge in [-0.15, -0.1) is 0 Å². The summed E-state index contributed by atoms with van der Waals surface area (Å²) in [6, 6.07) is 11.3. The maximum Gasteiger partial charge on any atom is 0.265 e. The molecule has 1 aliphatic heterocycles. The summed E-state index contributed by atoms with van der Waals surface area (Å²) in [6.07, 6.45) is 4.77. The molecule has 1 aliphatic rings. The summed E-state index contributed by atoms with van der Waals surface area (Å²) < 4.78 is 0. The minimum Gasteiger partial charge on any atom is -0.348 e. The maximum absolute atomic E-state index is 12.4. The molecule has 0 saturated carbocycles. The number of nitrogens with one attached hydrogen (secondary N) is 2. The fraction of sp³-hybridized carbons (Fsp3) is 0.250. The number of hydrogen-bond acceptors (Lipinski definition) is 7. The van der Waals surface area contributed by atoms with Gasteiger partial charge in [-0.3, -0.25) is 14.6 Å². The number of carbonyl (C=O) groups excluding carboxylic acids is 1. The lowest BCUT2D eigenvalue weighted by molar-refractivity contribution is 0.0949. The summed E-state index contributed by atoms with van der Waals surface area (Å²) in [6.45, 7) is 3.12. The molecule has 9 heteroatoms. The monoisotopic (exact) mass is 391 g/mol. The van der Waals surface area contributed by atoms with Gasteiger partial charge >= 0.3 is 0 Å². The van der Waals surface area contributed by atoms with E-state index in [-0.39, 0.29) is 5.56 Å². The van der Waals surface area contributed by atoms with Gasteiger partial charge in [0, 0.05) is 51.3 Å². The second-order valence-corrected chi connectivity index (χ2v) is 6.64. The Kier molecular flexibility index (Phi) is 5.46. The summed E-state index contributed by atoms with van der Waals surface area (Å²) in [4.78, 5) is 44.3. The van der Waals surface area contributed by atoms with E-state index in [1.807, 2.05) is 35.2 Å². The van der Waals surface area contributed by atoms with Crippen LogP contribution in [0.25, 0.3) is 0 Å². The SMILES string of the molecule is O=C(NCc1ccccc1)c1cnc(N2CCN(c3ncccn3)CC2)[nH]c1=O. The third kappa shape index (κ3) is 4.40. The molecular weight excluding hydrogens is 370 g/mol. The van der Waals surface area contributed by atoms with Crippen LogP contribution in [-0.2, 0) is 6.54 Å². The first kappa shape index (κ1) is 18.6. The number of aromatic amines is 1. The normalized spacial score (nSPS) is 13.9. The number of anilines is 2. The van der Waals surface area contributed by atoms with E-state index in [4.69, 9.17) is 0 Å². The average Bonchev–Trinajstić information content (AvgIpc) is 2.79. The summed E-state index contributed by atoms with van der Waals surface area (Å²) in [5.41, 5.74) is 0.512. The first-order chi connectivity index (χ1) is 14.2. The average molecular weight is 391 g/mol. The maximum atomic E-state index is 12.4. The van der Waals surface area contributed by atoms with E-state index in [1.165, 1.54) is 6.20 Å². The standard InChI is InChI=1S/C20H21N7O2/c28-17(23-13-15-5-2-1-3-6-15)16-14-24-20(25-18(16)29)27-11-9-26(10-12-27)19-21-7-4-8-22-19/h1-8,14H,9-13H2,(H,23,28)(H,24,25,29). The Bertz CT molecular complexity index is 1020. The van der Waals surface area contributed by atoms with Crippen molar-refractivity contribution in [2.24, 2.45) is 0 Å². The molecule has 9 nitrogen and oxygen atoms in total. The van der Waals surface area contributed by atoms with Gasteiger partial charge in [-0.25, -0.2) is 15.0 Å². The lowest BCUT2D eigenvalue weighted by atomic mass is 10.2. The Morgan fingerprint density at radius 1 is 0.966 bits per heavy atom. The molecule has 2 N–H and O–H groups in total. The highest BCUT2D eigenvalue weighted by Gasteiger charge is 2.21. The molecule has 0 radical (unpaired) electrons. The summed E-state index contributed by atoms with van der Waals surface area (Å²) in [7, 11) is 0. The molecular formula is C20H21N7O2. The van der Waals surface area contributed by atoms with Crippen LogP contribution in [-0.4, -0.2) is 52.0 Å². The predicted molar refractivity (Wildman–Crippen MR) is 109 cm³/mol. The highest BCUT2D eigenvalue weighted by molar-refractivity contribution is 5.93. The zero-order valence-electron chi connectivity index (χ0n) is 15.8. The molecule has 4 rings (SSSR count). The van der Waals surface area contributed by atoms with Crippen LogP contribution < -0.4 is 20.7 Å². The van der Waals surface area contributed by atoms with E-state index in [0.717, 1.165) is 5.56 Å². The van der Waals surface area contributed by atoms with Crippen molar-refractivity contribution in [1.29, 1.82) is 0 Å². The van der Waals surface area contributed by atoms with Gasteiger partial charge in [0.15, 0.2) is 0 Å². The van der Waals surface area contributed by atoms with E-state index < -0.39 is 11.5 Å². The Balaban J connectivity index is 1.37. The van der Waals surface area contributed by atoms with E-state index >= 15 is 0 Å². The number of rotatable bonds is 5. The predicted octanol–water partition coefficient (Wildman–Crippen LogP) is 0.817. The van der Waals surface area contributed by atoms with Gasteiger partial charge in [0.2, 0.25) is 11.9 Å². The molecule has 0 bridgehead atoms. The lowest BCUT2D eigenvalue weighted by Crippen LogP contribution is -2.48. The molecule has 1 saturated heterocycles. The van der Waals surface area contributed by atoms with Gasteiger partial charge in [0.05, 0.1) is 0 Å². The number of H-pyrrole nitrogens is 1. The topological polar surface area (TPSA) is 107 Å². The number of nitrogens with zero attached hydrogens (tertiary/aromatic N) is 5. The number of carbonyl (C=O) groups is 1. The zero-order valence-corrected chi connectivity index (χ0v) is 15.8. The van der Waals surface area contributed by atoms with Crippen molar-refractivity contribution in [2.45, 2.75) is 6.54 Å². The summed E-state index contributed by atoms with van der Waals surface area (Å²) in [5.74, 6) is 0.711. The van der Waals surface area contributed by atoms with Crippen molar-refractivity contribution in [1.82, 2.24) is 25.3 Å². The molecule has 148 valence electrons. The Hall–Kier alpha value is -3.75. The molecule has 0 unspecified atom stereocenters. The van der Waals surface area contributed by atoms with Crippen LogP contribution in [0, 0.1) is 0 Å². The molecule has 1 aromatic carbocycles. The van der Waals surface area contributed by atoms with Gasteiger partial charge in [-0.05, 0) is 11.6 Å². The van der Waals surface area contributed by atoms with E-state index in [1.54, 1.807) is 18.5 Å². The van der Waals surface area contributed by atoms with Gasteiger partial charge in [-0.1, -0.05) is 30.3 Å². The first-order valence-corrected chi connectivity index (χ1v) is 9.39. The number of aromatic nitrogens is 4. The quantitative estimate of drug-likeness (QED) is 0.663. The van der Waals surface area contributed by atoms with Crippen molar-refractivity contribution in [3.8, 4) is 0 Å². The van der Waals surface area contributed by atoms with Crippen LogP contribution in [0.5, 0.6) is 0 Å². The number of amides is 1. The van der Waals surface area contributed by atoms with Crippen LogP contribution in [0.3, 0.4) is 0 Å². The van der Waals surface area contributed by atoms with Gasteiger partial charge in [0.1, 0.15) is 5.56 Å². The summed E-state index contributed by atoms with van der Waals surface area (Å²) >= 11 is 0. The first-order valence-electron chi connectivity index (χ1n) is 9.39. The molecule has 0 aliphatic carbocycles. The van der Waals surface area contributed by atoms with E-state index in [0.29, 0.717) is 44.6 Å². The molecule has 2 aromatic heterocycles. The highest BCUT2D eigenvalue weighted by atomic mass is 16.2. The third-order valence-electron chi connectivity index (χ3n) is 4.74. The zero-order chi connectivity index (χ0) is 20.1. The van der Waals surface area contributed by atoms with Crippen LogP contribution >= 0.6 is 0 Å². The van der Waals surface area contributed by atoms with Crippen molar-refractivity contribution < 1.29 is 4.79 Å². The molecule has 29 heavy (non-hydrogen) atoms. The minimum atomic E-state index is -0.450. The van der Waals surface area contributed by atoms with Crippen LogP contribution in [0.1, 0.15) is 15.9 Å². The largest absolute Gasteiger partial charge is 0.348 e. The third-order valence-corrected chi connectivity index (χ3v) is 4.74. The molecule has 0 atom stereocenters. The number of piperazine rings is 1. The number of benzene rings is 1. The Morgan fingerprint density at radius 3 is 2.34 bits per heavy atom. The minimum absolute atomic E-state index is 0.000928. The lowest BCUT2D eigenvalue weighted by Gasteiger charge is -2.34. The molecule has 3 aromatic rings. The highest BCUT2D eigenvalue weighted by Crippen LogP contribution is 2.13. The fourth-order valence-corrected chi connectivity index (χ4v) is 3.15. The van der Waals surface area contributed by atoms with Gasteiger partial charge < -0.3 is 15.1 Å². The van der Waals surface area contributed by atoms with Crippen LogP contribution in [0.15, 0.2) is 59.8 Å². The van der Waals surface area contributed by atoms with Crippen LogP contribution in [0.2, 0.25) is 0 Å². The van der Waals surface area contributed by atoms with Crippen LogP contribution in [0.4, 0.5) is 11.9 Å². The molecule has 3 heterocycles. The van der Waals surface area contributed by atoms with Crippen molar-refractivity contribution in [3.63, 3.8) is 0 Å². The number of hydrogen-bond donors (Lipinski definition) is 2. The van der Waals surface area contributed by atoms with Crippen molar-refractivity contribution in [2.75, 3.05) is 36.0 Å². The van der Waals surface area contributed by atoms with Crippen molar-refractivity contribution in [3.05, 3.63) is 76.5 Å². The second-order valence-electron chi connectivity index (χ2n) is 6.64. The Labute approximate surface area is 167 Å². The van der Waals surface area contributed by atoms with Gasteiger partial charge in [-0.2, -0.15) is 0 Å². The van der Waals surface area contributed by atoms with E-state index in [9.17, 15) is 9.59 Å². The molecule has 1 amide bonds. The molecule has 0 spiro atoms. The van der Waals surface area contributed by atoms with Gasteiger partial charge in [0.25, 0.3) is 11.5 Å². The smallest absolute Gasteiger partial charge is 0.265 e. The second kappa shape index (κ2) is 8.51. The Morgan fingerprint density at radius 2 is 1.66 bits per heavy atom. The fourth-order valence-electron chi connectivity index (χ4n) is 3.15.